The molecule has 0 saturated heterocycles. The fourth-order valence-corrected chi connectivity index (χ4v) is 4.88. The average Bonchev–Trinajstić information content (AvgIpc) is 2.54. The Morgan fingerprint density at radius 1 is 1.11 bits per heavy atom. The summed E-state index contributed by atoms with van der Waals surface area (Å²) < 4.78 is 6.74. The number of aldehydes is 1. The van der Waals surface area contributed by atoms with Gasteiger partial charge in [-0.1, -0.05) is 44.8 Å². The number of rotatable bonds is 9. The van der Waals surface area contributed by atoms with E-state index in [9.17, 15) is 9.59 Å². The summed E-state index contributed by atoms with van der Waals surface area (Å²) in [5.74, 6) is 0.566. The Bertz CT molecular complexity index is 567. The van der Waals surface area contributed by atoms with E-state index >= 15 is 0 Å². The van der Waals surface area contributed by atoms with Gasteiger partial charge in [0.1, 0.15) is 6.29 Å². The highest BCUT2D eigenvalue weighted by molar-refractivity contribution is 6.74. The van der Waals surface area contributed by atoms with Crippen molar-refractivity contribution in [3.05, 3.63) is 23.3 Å². The number of carbonyl (C=O) groups excluding carboxylic acids is 2. The van der Waals surface area contributed by atoms with Crippen molar-refractivity contribution in [2.45, 2.75) is 104 Å². The molecule has 0 aromatic rings. The highest BCUT2D eigenvalue weighted by Gasteiger charge is 2.41. The Hall–Kier alpha value is -1.00. The molecule has 0 unspecified atom stereocenters. The maximum Gasteiger partial charge on any atom is 0.192 e. The summed E-state index contributed by atoms with van der Waals surface area (Å²) in [4.78, 5) is 22.9. The second kappa shape index (κ2) is 10.5. The van der Waals surface area contributed by atoms with Crippen LogP contribution in [0.15, 0.2) is 23.3 Å². The molecule has 0 radical (unpaired) electrons. The zero-order valence-corrected chi connectivity index (χ0v) is 19.6. The van der Waals surface area contributed by atoms with E-state index in [1.54, 1.807) is 6.08 Å². The van der Waals surface area contributed by atoms with Crippen molar-refractivity contribution in [3.63, 3.8) is 0 Å². The quantitative estimate of drug-likeness (QED) is 0.259. The molecule has 4 heteroatoms. The van der Waals surface area contributed by atoms with Gasteiger partial charge in [0.25, 0.3) is 0 Å². The van der Waals surface area contributed by atoms with Crippen LogP contribution < -0.4 is 0 Å². The molecule has 2 atom stereocenters. The van der Waals surface area contributed by atoms with Crippen LogP contribution >= 0.6 is 0 Å². The van der Waals surface area contributed by atoms with Crippen LogP contribution in [0.1, 0.15) is 79.6 Å². The first-order chi connectivity index (χ1) is 12.5. The predicted octanol–water partition coefficient (Wildman–Crippen LogP) is 6.40. The van der Waals surface area contributed by atoms with Crippen molar-refractivity contribution in [1.29, 1.82) is 0 Å². The predicted molar refractivity (Wildman–Crippen MR) is 116 cm³/mol. The van der Waals surface area contributed by atoms with Crippen LogP contribution in [0.25, 0.3) is 0 Å². The maximum absolute atomic E-state index is 12.4. The monoisotopic (exact) mass is 392 g/mol. The van der Waals surface area contributed by atoms with Crippen molar-refractivity contribution in [3.8, 4) is 0 Å². The molecule has 0 bridgehead atoms. The first-order valence-corrected chi connectivity index (χ1v) is 13.4. The minimum Gasteiger partial charge on any atom is -0.413 e. The maximum atomic E-state index is 12.4. The van der Waals surface area contributed by atoms with E-state index in [0.717, 1.165) is 37.5 Å². The molecule has 27 heavy (non-hydrogen) atoms. The molecule has 0 aromatic heterocycles. The van der Waals surface area contributed by atoms with Crippen LogP contribution in [-0.4, -0.2) is 26.5 Å². The summed E-state index contributed by atoms with van der Waals surface area (Å²) in [6.07, 6.45) is 11.3. The van der Waals surface area contributed by atoms with Gasteiger partial charge in [0.2, 0.25) is 0 Å². The van der Waals surface area contributed by atoms with Crippen LogP contribution in [0, 0.1) is 5.92 Å². The van der Waals surface area contributed by atoms with Crippen LogP contribution in [0.4, 0.5) is 0 Å². The Morgan fingerprint density at radius 2 is 1.74 bits per heavy atom. The first-order valence-electron chi connectivity index (χ1n) is 10.5. The molecule has 1 aliphatic carbocycles. The summed E-state index contributed by atoms with van der Waals surface area (Å²) in [7, 11) is -1.81. The van der Waals surface area contributed by atoms with Gasteiger partial charge in [0, 0.05) is 12.3 Å². The van der Waals surface area contributed by atoms with Gasteiger partial charge in [0.15, 0.2) is 14.1 Å². The third kappa shape index (κ3) is 7.87. The average molecular weight is 393 g/mol. The number of hydrogen-bond acceptors (Lipinski definition) is 3. The molecule has 0 heterocycles. The van der Waals surface area contributed by atoms with Gasteiger partial charge in [-0.05, 0) is 69.8 Å². The molecule has 3 nitrogen and oxygen atoms in total. The molecule has 1 fully saturated rings. The standard InChI is InChI=1S/C23H40O3Si/c1-18(15-16-24)11-10-12-20(25)17-19(2)21-13-8-9-14-22(21)26-27(6,7)23(3,4)5/h15-17,21-22H,8-14H2,1-7H3/b18-15-,19-17+/t21-,22+/m1/s1. The third-order valence-electron chi connectivity index (χ3n) is 6.28. The fraction of sp³-hybridized carbons (Fsp3) is 0.739. The van der Waals surface area contributed by atoms with Crippen LogP contribution in [-0.2, 0) is 14.0 Å². The summed E-state index contributed by atoms with van der Waals surface area (Å²) in [6, 6.07) is 0. The van der Waals surface area contributed by atoms with Crippen LogP contribution in [0.2, 0.25) is 18.1 Å². The lowest BCUT2D eigenvalue weighted by Crippen LogP contribution is -2.46. The molecule has 0 aliphatic heterocycles. The molecule has 0 N–H and O–H groups in total. The lowest BCUT2D eigenvalue weighted by molar-refractivity contribution is -0.114. The van der Waals surface area contributed by atoms with Gasteiger partial charge in [-0.2, -0.15) is 0 Å². The van der Waals surface area contributed by atoms with Gasteiger partial charge in [-0.3, -0.25) is 9.59 Å². The molecule has 1 saturated carbocycles. The highest BCUT2D eigenvalue weighted by Crippen LogP contribution is 2.41. The van der Waals surface area contributed by atoms with E-state index in [1.807, 2.05) is 13.0 Å². The zero-order valence-electron chi connectivity index (χ0n) is 18.6. The summed E-state index contributed by atoms with van der Waals surface area (Å²) in [5.41, 5.74) is 2.22. The first kappa shape index (κ1) is 24.0. The highest BCUT2D eigenvalue weighted by atomic mass is 28.4. The molecule has 1 rings (SSSR count). The van der Waals surface area contributed by atoms with Crippen molar-refractivity contribution in [2.75, 3.05) is 0 Å². The normalized spacial score (nSPS) is 22.6. The van der Waals surface area contributed by atoms with Crippen LogP contribution in [0.3, 0.4) is 0 Å². The Balaban J connectivity index is 2.72. The summed E-state index contributed by atoms with van der Waals surface area (Å²) >= 11 is 0. The van der Waals surface area contributed by atoms with Gasteiger partial charge >= 0.3 is 0 Å². The van der Waals surface area contributed by atoms with Crippen LogP contribution in [0.5, 0.6) is 0 Å². The van der Waals surface area contributed by atoms with E-state index in [4.69, 9.17) is 4.43 Å². The minimum absolute atomic E-state index is 0.197. The lowest BCUT2D eigenvalue weighted by Gasteiger charge is -2.43. The Kier molecular flexibility index (Phi) is 9.36. The van der Waals surface area contributed by atoms with Crippen molar-refractivity contribution in [2.24, 2.45) is 5.92 Å². The van der Waals surface area contributed by atoms with E-state index in [-0.39, 0.29) is 16.9 Å². The molecule has 0 spiro atoms. The SMILES string of the molecule is C/C(=C/C=O)CCCC(=O)/C=C(\C)[C@H]1CCCC[C@@H]1O[Si](C)(C)C(C)(C)C. The zero-order chi connectivity index (χ0) is 20.7. The lowest BCUT2D eigenvalue weighted by atomic mass is 9.81. The number of ketones is 1. The van der Waals surface area contributed by atoms with Crippen molar-refractivity contribution < 1.29 is 14.0 Å². The van der Waals surface area contributed by atoms with Crippen molar-refractivity contribution >= 4 is 20.4 Å². The number of allylic oxidation sites excluding steroid dienone is 3. The molecule has 1 aliphatic rings. The molecule has 0 amide bonds. The summed E-state index contributed by atoms with van der Waals surface area (Å²) in [6.45, 7) is 15.5. The van der Waals surface area contributed by atoms with Gasteiger partial charge in [-0.25, -0.2) is 0 Å². The van der Waals surface area contributed by atoms with E-state index < -0.39 is 8.32 Å². The summed E-state index contributed by atoms with van der Waals surface area (Å²) in [5, 5.41) is 0.204. The Morgan fingerprint density at radius 3 is 2.33 bits per heavy atom. The van der Waals surface area contributed by atoms with Gasteiger partial charge in [0.05, 0.1) is 6.10 Å². The second-order valence-electron chi connectivity index (χ2n) is 9.66. The number of carbonyl (C=O) groups is 2. The molecular weight excluding hydrogens is 352 g/mol. The molecular formula is C23H40O3Si. The van der Waals surface area contributed by atoms with Crippen molar-refractivity contribution in [1.82, 2.24) is 0 Å². The minimum atomic E-state index is -1.81. The largest absolute Gasteiger partial charge is 0.413 e. The smallest absolute Gasteiger partial charge is 0.192 e. The molecule has 154 valence electrons. The topological polar surface area (TPSA) is 43.4 Å². The van der Waals surface area contributed by atoms with E-state index in [1.165, 1.54) is 18.4 Å². The fourth-order valence-electron chi connectivity index (χ4n) is 3.49. The third-order valence-corrected chi connectivity index (χ3v) is 10.8. The van der Waals surface area contributed by atoms with Gasteiger partial charge in [-0.15, -0.1) is 0 Å². The molecule has 0 aromatic carbocycles. The second-order valence-corrected chi connectivity index (χ2v) is 14.4. The van der Waals surface area contributed by atoms with E-state index in [0.29, 0.717) is 12.3 Å². The van der Waals surface area contributed by atoms with Gasteiger partial charge < -0.3 is 4.43 Å². The Labute approximate surface area is 167 Å². The number of hydrogen-bond donors (Lipinski definition) is 0. The van der Waals surface area contributed by atoms with E-state index in [2.05, 4.69) is 40.8 Å².